The van der Waals surface area contributed by atoms with Crippen LogP contribution in [0, 0.1) is 5.41 Å². The lowest BCUT2D eigenvalue weighted by Gasteiger charge is -2.29. The van der Waals surface area contributed by atoms with Gasteiger partial charge in [-0.25, -0.2) is 0 Å². The summed E-state index contributed by atoms with van der Waals surface area (Å²) in [5, 5.41) is 9.20. The van der Waals surface area contributed by atoms with Crippen LogP contribution < -0.4 is 16.0 Å². The van der Waals surface area contributed by atoms with E-state index >= 15 is 0 Å². The summed E-state index contributed by atoms with van der Waals surface area (Å²) in [7, 11) is 5.83. The maximum Gasteiger partial charge on any atom is 0.239 e. The summed E-state index contributed by atoms with van der Waals surface area (Å²) >= 11 is 0. The average molecular weight is 299 g/mol. The van der Waals surface area contributed by atoms with E-state index < -0.39 is 0 Å². The Labute approximate surface area is 129 Å². The van der Waals surface area contributed by atoms with Crippen molar-refractivity contribution in [2.24, 2.45) is 10.4 Å². The molecule has 6 nitrogen and oxygen atoms in total. The molecule has 21 heavy (non-hydrogen) atoms. The van der Waals surface area contributed by atoms with E-state index in [4.69, 9.17) is 0 Å². The Bertz CT molecular complexity index is 356. The highest BCUT2D eigenvalue weighted by atomic mass is 16.2. The third-order valence-electron chi connectivity index (χ3n) is 2.63. The van der Waals surface area contributed by atoms with Crippen LogP contribution in [-0.4, -0.2) is 63.1 Å². The predicted molar refractivity (Wildman–Crippen MR) is 89.6 cm³/mol. The smallest absolute Gasteiger partial charge is 0.239 e. The quantitative estimate of drug-likeness (QED) is 0.498. The molecule has 0 aromatic carbocycles. The number of carbonyl (C=O) groups excluding carboxylic acids is 1. The molecule has 0 aromatic heterocycles. The van der Waals surface area contributed by atoms with Gasteiger partial charge in [0.05, 0.1) is 6.54 Å². The monoisotopic (exact) mass is 299 g/mol. The topological polar surface area (TPSA) is 68.8 Å². The van der Waals surface area contributed by atoms with Crippen molar-refractivity contribution in [2.75, 3.05) is 40.8 Å². The molecule has 124 valence electrons. The maximum atomic E-state index is 11.8. The van der Waals surface area contributed by atoms with Crippen LogP contribution in [0.25, 0.3) is 0 Å². The van der Waals surface area contributed by atoms with Crippen LogP contribution in [0.4, 0.5) is 0 Å². The van der Waals surface area contributed by atoms with E-state index in [0.717, 1.165) is 13.1 Å². The molecule has 0 saturated heterocycles. The maximum absolute atomic E-state index is 11.8. The largest absolute Gasteiger partial charge is 0.356 e. The summed E-state index contributed by atoms with van der Waals surface area (Å²) in [4.78, 5) is 18.1. The summed E-state index contributed by atoms with van der Waals surface area (Å²) in [6, 6.07) is 0. The first-order valence-electron chi connectivity index (χ1n) is 7.35. The van der Waals surface area contributed by atoms with Crippen LogP contribution in [0.2, 0.25) is 0 Å². The molecule has 0 spiro atoms. The van der Waals surface area contributed by atoms with Gasteiger partial charge in [0.2, 0.25) is 5.91 Å². The minimum atomic E-state index is -0.219. The number of guanidine groups is 1. The van der Waals surface area contributed by atoms with Crippen molar-refractivity contribution in [1.29, 1.82) is 0 Å². The molecule has 0 heterocycles. The first kappa shape index (κ1) is 19.7. The van der Waals surface area contributed by atoms with E-state index in [9.17, 15) is 4.79 Å². The van der Waals surface area contributed by atoms with Gasteiger partial charge < -0.3 is 20.9 Å². The average Bonchev–Trinajstić information content (AvgIpc) is 2.24. The fourth-order valence-electron chi connectivity index (χ4n) is 2.08. The SMILES string of the molecule is CN=C(NCC(=O)NC(C)(C)C)NCC(C)(C)CN(C)C. The van der Waals surface area contributed by atoms with E-state index in [1.165, 1.54) is 0 Å². The van der Waals surface area contributed by atoms with Crippen LogP contribution in [0.5, 0.6) is 0 Å². The Kier molecular flexibility index (Phi) is 7.71. The Balaban J connectivity index is 4.22. The summed E-state index contributed by atoms with van der Waals surface area (Å²) in [5.41, 5.74) is -0.0990. The molecule has 0 atom stereocenters. The van der Waals surface area contributed by atoms with Crippen LogP contribution in [0.1, 0.15) is 34.6 Å². The van der Waals surface area contributed by atoms with Crippen molar-refractivity contribution in [3.05, 3.63) is 0 Å². The second-order valence-electron chi connectivity index (χ2n) is 7.48. The number of hydrogen-bond donors (Lipinski definition) is 3. The van der Waals surface area contributed by atoms with Gasteiger partial charge in [0, 0.05) is 25.7 Å². The zero-order valence-corrected chi connectivity index (χ0v) is 14.9. The summed E-state index contributed by atoms with van der Waals surface area (Å²) in [6.07, 6.45) is 0. The highest BCUT2D eigenvalue weighted by Gasteiger charge is 2.19. The molecule has 0 radical (unpaired) electrons. The second-order valence-corrected chi connectivity index (χ2v) is 7.48. The molecule has 0 unspecified atom stereocenters. The highest BCUT2D eigenvalue weighted by Crippen LogP contribution is 2.13. The Hall–Kier alpha value is -1.30. The molecular formula is C15H33N5O. The fourth-order valence-corrected chi connectivity index (χ4v) is 2.08. The van der Waals surface area contributed by atoms with Crippen molar-refractivity contribution in [3.8, 4) is 0 Å². The number of nitrogens with zero attached hydrogens (tertiary/aromatic N) is 2. The summed E-state index contributed by atoms with van der Waals surface area (Å²) < 4.78 is 0. The standard InChI is InChI=1S/C15H33N5O/c1-14(2,3)19-12(21)9-17-13(16-6)18-10-15(4,5)11-20(7)8/h9-11H2,1-8H3,(H,19,21)(H2,16,17,18). The molecule has 0 aliphatic heterocycles. The highest BCUT2D eigenvalue weighted by molar-refractivity contribution is 5.86. The van der Waals surface area contributed by atoms with Gasteiger partial charge in [-0.1, -0.05) is 13.8 Å². The fraction of sp³-hybridized carbons (Fsp3) is 0.867. The summed E-state index contributed by atoms with van der Waals surface area (Å²) in [5.74, 6) is 0.601. The molecule has 1 amide bonds. The van der Waals surface area contributed by atoms with Gasteiger partial charge in [-0.15, -0.1) is 0 Å². The van der Waals surface area contributed by atoms with Crippen LogP contribution in [0.3, 0.4) is 0 Å². The predicted octanol–water partition coefficient (Wildman–Crippen LogP) is 0.654. The number of carbonyl (C=O) groups is 1. The molecule has 3 N–H and O–H groups in total. The van der Waals surface area contributed by atoms with Crippen molar-refractivity contribution < 1.29 is 4.79 Å². The zero-order valence-electron chi connectivity index (χ0n) is 14.9. The van der Waals surface area contributed by atoms with Gasteiger partial charge >= 0.3 is 0 Å². The molecule has 0 aliphatic carbocycles. The van der Waals surface area contributed by atoms with Crippen molar-refractivity contribution in [1.82, 2.24) is 20.9 Å². The molecular weight excluding hydrogens is 266 g/mol. The Morgan fingerprint density at radius 3 is 2.10 bits per heavy atom. The van der Waals surface area contributed by atoms with Crippen LogP contribution in [-0.2, 0) is 4.79 Å². The molecule has 0 fully saturated rings. The van der Waals surface area contributed by atoms with Crippen molar-refractivity contribution in [3.63, 3.8) is 0 Å². The lowest BCUT2D eigenvalue weighted by molar-refractivity contribution is -0.121. The number of rotatable bonds is 6. The third-order valence-corrected chi connectivity index (χ3v) is 2.63. The van der Waals surface area contributed by atoms with Crippen molar-refractivity contribution in [2.45, 2.75) is 40.2 Å². The van der Waals surface area contributed by atoms with Crippen molar-refractivity contribution >= 4 is 11.9 Å². The lowest BCUT2D eigenvalue weighted by atomic mass is 9.93. The normalized spacial score (nSPS) is 13.3. The number of hydrogen-bond acceptors (Lipinski definition) is 3. The lowest BCUT2D eigenvalue weighted by Crippen LogP contribution is -2.49. The summed E-state index contributed by atoms with van der Waals surface area (Å²) in [6.45, 7) is 12.2. The Morgan fingerprint density at radius 2 is 1.67 bits per heavy atom. The van der Waals surface area contributed by atoms with Gasteiger partial charge in [0.15, 0.2) is 5.96 Å². The van der Waals surface area contributed by atoms with Gasteiger partial charge in [-0.2, -0.15) is 0 Å². The molecule has 0 aromatic rings. The van der Waals surface area contributed by atoms with E-state index in [2.05, 4.69) is 53.8 Å². The first-order chi connectivity index (χ1) is 9.45. The molecule has 0 rings (SSSR count). The van der Waals surface area contributed by atoms with E-state index in [-0.39, 0.29) is 23.4 Å². The van der Waals surface area contributed by atoms with E-state index in [0.29, 0.717) is 5.96 Å². The molecule has 0 bridgehead atoms. The third kappa shape index (κ3) is 11.1. The molecule has 0 saturated carbocycles. The number of nitrogens with one attached hydrogen (secondary N) is 3. The van der Waals surface area contributed by atoms with Gasteiger partial charge in [0.1, 0.15) is 0 Å². The number of amides is 1. The van der Waals surface area contributed by atoms with E-state index in [1.807, 2.05) is 20.8 Å². The molecule has 0 aliphatic rings. The number of aliphatic imine (C=N–C) groups is 1. The van der Waals surface area contributed by atoms with Gasteiger partial charge in [-0.05, 0) is 40.3 Å². The van der Waals surface area contributed by atoms with Gasteiger partial charge in [-0.3, -0.25) is 9.79 Å². The molecule has 6 heteroatoms. The second kappa shape index (κ2) is 8.22. The minimum absolute atomic E-state index is 0.0435. The minimum Gasteiger partial charge on any atom is -0.356 e. The van der Waals surface area contributed by atoms with Crippen LogP contribution in [0.15, 0.2) is 4.99 Å². The Morgan fingerprint density at radius 1 is 1.10 bits per heavy atom. The zero-order chi connectivity index (χ0) is 16.7. The van der Waals surface area contributed by atoms with Gasteiger partial charge in [0.25, 0.3) is 0 Å². The van der Waals surface area contributed by atoms with Crippen LogP contribution >= 0.6 is 0 Å². The first-order valence-corrected chi connectivity index (χ1v) is 7.35. The van der Waals surface area contributed by atoms with E-state index in [1.54, 1.807) is 7.05 Å².